The number of nitrogens with one attached hydrogen (secondary N) is 1. The molecule has 0 aliphatic heterocycles. The van der Waals surface area contributed by atoms with Crippen molar-refractivity contribution in [1.82, 2.24) is 14.8 Å². The van der Waals surface area contributed by atoms with E-state index in [4.69, 9.17) is 16.3 Å². The Balaban J connectivity index is 1.61. The van der Waals surface area contributed by atoms with E-state index >= 15 is 0 Å². The Bertz CT molecular complexity index is 1220. The predicted molar refractivity (Wildman–Crippen MR) is 129 cm³/mol. The first-order valence-corrected chi connectivity index (χ1v) is 11.3. The number of aryl methyl sites for hydroxylation is 1. The van der Waals surface area contributed by atoms with E-state index in [1.165, 1.54) is 11.8 Å². The quantitative estimate of drug-likeness (QED) is 0.359. The van der Waals surface area contributed by atoms with Crippen LogP contribution in [0.5, 0.6) is 5.75 Å². The number of benzene rings is 3. The Morgan fingerprint density at radius 2 is 1.75 bits per heavy atom. The van der Waals surface area contributed by atoms with E-state index in [9.17, 15) is 4.79 Å². The second-order valence-electron chi connectivity index (χ2n) is 7.00. The second kappa shape index (κ2) is 9.89. The van der Waals surface area contributed by atoms with Gasteiger partial charge >= 0.3 is 0 Å². The lowest BCUT2D eigenvalue weighted by molar-refractivity contribution is -0.113. The van der Waals surface area contributed by atoms with Crippen molar-refractivity contribution in [2.24, 2.45) is 0 Å². The molecule has 0 atom stereocenters. The Kier molecular flexibility index (Phi) is 6.78. The van der Waals surface area contributed by atoms with Gasteiger partial charge in [0, 0.05) is 22.0 Å². The summed E-state index contributed by atoms with van der Waals surface area (Å²) in [5.41, 5.74) is 3.55. The number of thioether (sulfide) groups is 1. The summed E-state index contributed by atoms with van der Waals surface area (Å²) in [6.07, 6.45) is 0. The van der Waals surface area contributed by atoms with Crippen molar-refractivity contribution >= 4 is 35.0 Å². The van der Waals surface area contributed by atoms with Gasteiger partial charge in [-0.2, -0.15) is 0 Å². The number of ether oxygens (including phenoxy) is 1. The number of halogens is 1. The van der Waals surface area contributed by atoms with Crippen molar-refractivity contribution in [3.8, 4) is 22.8 Å². The number of anilines is 1. The van der Waals surface area contributed by atoms with Crippen molar-refractivity contribution in [2.75, 3.05) is 18.2 Å². The number of hydrogen-bond donors (Lipinski definition) is 1. The first-order valence-electron chi connectivity index (χ1n) is 9.89. The molecule has 0 saturated heterocycles. The highest BCUT2D eigenvalue weighted by atomic mass is 35.5. The second-order valence-corrected chi connectivity index (χ2v) is 8.38. The SMILES string of the molecule is COc1ccc(-c2nnc(SCC(=O)Nc3ccccc3C)n2-c2ccc(Cl)cc2)cc1. The monoisotopic (exact) mass is 464 g/mol. The molecule has 0 bridgehead atoms. The summed E-state index contributed by atoms with van der Waals surface area (Å²) in [6.45, 7) is 1.96. The fourth-order valence-corrected chi connectivity index (χ4v) is 4.02. The molecule has 0 unspecified atom stereocenters. The van der Waals surface area contributed by atoms with Crippen molar-refractivity contribution in [1.29, 1.82) is 0 Å². The minimum atomic E-state index is -0.110. The highest BCUT2D eigenvalue weighted by Crippen LogP contribution is 2.29. The topological polar surface area (TPSA) is 69.0 Å². The molecule has 4 aromatic rings. The Labute approximate surface area is 195 Å². The van der Waals surface area contributed by atoms with Gasteiger partial charge in [0.05, 0.1) is 12.9 Å². The van der Waals surface area contributed by atoms with E-state index in [0.29, 0.717) is 16.0 Å². The van der Waals surface area contributed by atoms with Gasteiger partial charge in [-0.05, 0) is 67.1 Å². The van der Waals surface area contributed by atoms with Gasteiger partial charge in [-0.1, -0.05) is 41.6 Å². The zero-order valence-corrected chi connectivity index (χ0v) is 19.2. The molecule has 3 aromatic carbocycles. The molecule has 0 aliphatic carbocycles. The number of aromatic nitrogens is 3. The van der Waals surface area contributed by atoms with Gasteiger partial charge in [0.25, 0.3) is 0 Å². The molecule has 32 heavy (non-hydrogen) atoms. The third-order valence-corrected chi connectivity index (χ3v) is 6.00. The predicted octanol–water partition coefficient (Wildman–Crippen LogP) is 5.64. The number of methoxy groups -OCH3 is 1. The summed E-state index contributed by atoms with van der Waals surface area (Å²) in [5.74, 6) is 1.51. The normalized spacial score (nSPS) is 10.7. The molecule has 1 aromatic heterocycles. The van der Waals surface area contributed by atoms with Crippen LogP contribution in [-0.2, 0) is 4.79 Å². The molecule has 162 valence electrons. The van der Waals surface area contributed by atoms with Gasteiger partial charge in [-0.25, -0.2) is 0 Å². The zero-order valence-electron chi connectivity index (χ0n) is 17.6. The molecule has 0 saturated carbocycles. The first kappa shape index (κ1) is 21.9. The third kappa shape index (κ3) is 4.95. The minimum Gasteiger partial charge on any atom is -0.497 e. The average molecular weight is 465 g/mol. The first-order chi connectivity index (χ1) is 15.5. The minimum absolute atomic E-state index is 0.110. The molecule has 6 nitrogen and oxygen atoms in total. The van der Waals surface area contributed by atoms with Gasteiger partial charge in [-0.3, -0.25) is 9.36 Å². The molecule has 8 heteroatoms. The summed E-state index contributed by atoms with van der Waals surface area (Å²) >= 11 is 7.41. The number of para-hydroxylation sites is 1. The third-order valence-electron chi connectivity index (χ3n) is 4.82. The van der Waals surface area contributed by atoms with Gasteiger partial charge in [0.2, 0.25) is 5.91 Å². The molecule has 0 fully saturated rings. The maximum absolute atomic E-state index is 12.6. The molecular formula is C24H21ClN4O2S. The standard InChI is InChI=1S/C24H21ClN4O2S/c1-16-5-3-4-6-21(16)26-22(30)15-32-24-28-27-23(17-7-13-20(31-2)14-8-17)29(24)19-11-9-18(25)10-12-19/h3-14H,15H2,1-2H3,(H,26,30). The Hall–Kier alpha value is -3.29. The summed E-state index contributed by atoms with van der Waals surface area (Å²) in [4.78, 5) is 12.6. The van der Waals surface area contributed by atoms with Crippen LogP contribution < -0.4 is 10.1 Å². The average Bonchev–Trinajstić information content (AvgIpc) is 3.24. The van der Waals surface area contributed by atoms with Gasteiger partial charge < -0.3 is 10.1 Å². The van der Waals surface area contributed by atoms with Crippen molar-refractivity contribution in [2.45, 2.75) is 12.1 Å². The van der Waals surface area contributed by atoms with Crippen LogP contribution in [0.25, 0.3) is 17.1 Å². The lowest BCUT2D eigenvalue weighted by atomic mass is 10.2. The maximum Gasteiger partial charge on any atom is 0.234 e. The van der Waals surface area contributed by atoms with Gasteiger partial charge in [0.1, 0.15) is 5.75 Å². The molecule has 1 N–H and O–H groups in total. The highest BCUT2D eigenvalue weighted by molar-refractivity contribution is 7.99. The number of hydrogen-bond acceptors (Lipinski definition) is 5. The van der Waals surface area contributed by atoms with Crippen LogP contribution in [0.1, 0.15) is 5.56 Å². The number of rotatable bonds is 7. The van der Waals surface area contributed by atoms with Crippen molar-refractivity contribution < 1.29 is 9.53 Å². The number of amides is 1. The summed E-state index contributed by atoms with van der Waals surface area (Å²) in [7, 11) is 1.63. The van der Waals surface area contributed by atoms with Gasteiger partial charge in [-0.15, -0.1) is 10.2 Å². The number of carbonyl (C=O) groups is 1. The molecule has 0 aliphatic rings. The van der Waals surface area contributed by atoms with Crippen LogP contribution >= 0.6 is 23.4 Å². The zero-order chi connectivity index (χ0) is 22.5. The highest BCUT2D eigenvalue weighted by Gasteiger charge is 2.18. The Morgan fingerprint density at radius 3 is 2.44 bits per heavy atom. The molecule has 0 spiro atoms. The van der Waals surface area contributed by atoms with Crippen LogP contribution in [-0.4, -0.2) is 33.5 Å². The van der Waals surface area contributed by atoms with Crippen LogP contribution in [0.2, 0.25) is 5.02 Å². The summed E-state index contributed by atoms with van der Waals surface area (Å²) in [5, 5.41) is 13.0. The Morgan fingerprint density at radius 1 is 1.03 bits per heavy atom. The molecule has 0 radical (unpaired) electrons. The number of carbonyl (C=O) groups excluding carboxylic acids is 1. The van der Waals surface area contributed by atoms with Crippen LogP contribution in [0, 0.1) is 6.92 Å². The van der Waals surface area contributed by atoms with Crippen LogP contribution in [0.15, 0.2) is 78.0 Å². The smallest absolute Gasteiger partial charge is 0.234 e. The lowest BCUT2D eigenvalue weighted by Gasteiger charge is -2.11. The van der Waals surface area contributed by atoms with Crippen LogP contribution in [0.4, 0.5) is 5.69 Å². The van der Waals surface area contributed by atoms with Crippen LogP contribution in [0.3, 0.4) is 0 Å². The molecule has 1 amide bonds. The van der Waals surface area contributed by atoms with E-state index in [1.54, 1.807) is 7.11 Å². The van der Waals surface area contributed by atoms with Crippen molar-refractivity contribution in [3.63, 3.8) is 0 Å². The molecule has 1 heterocycles. The van der Waals surface area contributed by atoms with Gasteiger partial charge in [0.15, 0.2) is 11.0 Å². The molecule has 4 rings (SSSR count). The van der Waals surface area contributed by atoms with E-state index < -0.39 is 0 Å². The lowest BCUT2D eigenvalue weighted by Crippen LogP contribution is -2.15. The number of nitrogens with zero attached hydrogens (tertiary/aromatic N) is 3. The van der Waals surface area contributed by atoms with E-state index in [0.717, 1.165) is 28.3 Å². The molecular weight excluding hydrogens is 444 g/mol. The largest absolute Gasteiger partial charge is 0.497 e. The summed E-state index contributed by atoms with van der Waals surface area (Å²) in [6, 6.07) is 22.7. The maximum atomic E-state index is 12.6. The fourth-order valence-electron chi connectivity index (χ4n) is 3.14. The summed E-state index contributed by atoms with van der Waals surface area (Å²) < 4.78 is 7.17. The van der Waals surface area contributed by atoms with E-state index in [-0.39, 0.29) is 11.7 Å². The fraction of sp³-hybridized carbons (Fsp3) is 0.125. The van der Waals surface area contributed by atoms with E-state index in [2.05, 4.69) is 15.5 Å². The van der Waals surface area contributed by atoms with E-state index in [1.807, 2.05) is 84.3 Å². The van der Waals surface area contributed by atoms with Crippen molar-refractivity contribution in [3.05, 3.63) is 83.4 Å².